The number of carbonyl (C=O) groups is 1. The van der Waals surface area contributed by atoms with E-state index in [1.54, 1.807) is 4.90 Å². The summed E-state index contributed by atoms with van der Waals surface area (Å²) in [4.78, 5) is 12.8. The fourth-order valence-electron chi connectivity index (χ4n) is 5.38. The molecule has 6 nitrogen and oxygen atoms in total. The molecule has 2 bridgehead atoms. The highest BCUT2D eigenvalue weighted by atomic mass is 16.5. The average Bonchev–Trinajstić information content (AvgIpc) is 3.12. The van der Waals surface area contributed by atoms with Crippen molar-refractivity contribution in [2.24, 2.45) is 5.92 Å². The van der Waals surface area contributed by atoms with Crippen LogP contribution in [0.25, 0.3) is 0 Å². The summed E-state index contributed by atoms with van der Waals surface area (Å²) in [5, 5.41) is 13.7. The number of fused-ring (bicyclic) bond motifs is 2. The molecule has 6 heteroatoms. The maximum absolute atomic E-state index is 11.3. The Labute approximate surface area is 153 Å². The number of ether oxygens (including phenoxy) is 1. The third-order valence-corrected chi connectivity index (χ3v) is 6.95. The number of hydrogen-bond donors (Lipinski definition) is 1. The monoisotopic (exact) mass is 360 g/mol. The van der Waals surface area contributed by atoms with Gasteiger partial charge in [-0.2, -0.15) is 0 Å². The van der Waals surface area contributed by atoms with Gasteiger partial charge in [-0.1, -0.05) is 24.4 Å². The van der Waals surface area contributed by atoms with E-state index in [-0.39, 0.29) is 12.1 Å². The molecule has 0 radical (unpaired) electrons. The summed E-state index contributed by atoms with van der Waals surface area (Å²) in [6.45, 7) is 1.21. The largest absolute Gasteiger partial charge is 0.465 e. The summed E-state index contributed by atoms with van der Waals surface area (Å²) in [5.41, 5.74) is 2.37. The fraction of sp³-hybridized carbons (Fsp3) is 0.800. The molecule has 0 spiro atoms. The number of nitrogens with zero attached hydrogens (tertiary/aromatic N) is 2. The van der Waals surface area contributed by atoms with Crippen molar-refractivity contribution in [1.29, 1.82) is 0 Å². The van der Waals surface area contributed by atoms with E-state index >= 15 is 0 Å². The summed E-state index contributed by atoms with van der Waals surface area (Å²) in [6.07, 6.45) is 9.91. The lowest BCUT2D eigenvalue weighted by Gasteiger charge is -2.29. The maximum atomic E-state index is 11.3. The first-order valence-corrected chi connectivity index (χ1v) is 10.3. The lowest BCUT2D eigenvalue weighted by Crippen LogP contribution is -2.41. The minimum Gasteiger partial charge on any atom is -0.465 e. The van der Waals surface area contributed by atoms with Gasteiger partial charge < -0.3 is 19.3 Å². The number of rotatable bonds is 5. The van der Waals surface area contributed by atoms with Crippen LogP contribution in [0.2, 0.25) is 0 Å². The molecule has 3 atom stereocenters. The molecule has 1 saturated heterocycles. The number of likely N-dealkylation sites (tertiary alicyclic amines) is 1. The molecule has 1 N–H and O–H groups in total. The minimum atomic E-state index is -0.786. The van der Waals surface area contributed by atoms with Gasteiger partial charge in [0.2, 0.25) is 0 Å². The van der Waals surface area contributed by atoms with Crippen molar-refractivity contribution < 1.29 is 19.2 Å². The maximum Gasteiger partial charge on any atom is 0.407 e. The quantitative estimate of drug-likeness (QED) is 0.849. The number of hydrogen-bond acceptors (Lipinski definition) is 4. The van der Waals surface area contributed by atoms with E-state index in [0.717, 1.165) is 24.3 Å². The van der Waals surface area contributed by atoms with E-state index < -0.39 is 6.09 Å². The number of piperidine rings is 1. The number of amides is 1. The zero-order valence-electron chi connectivity index (χ0n) is 15.2. The fourth-order valence-corrected chi connectivity index (χ4v) is 5.38. The van der Waals surface area contributed by atoms with E-state index in [1.807, 2.05) is 0 Å². The Morgan fingerprint density at radius 3 is 2.62 bits per heavy atom. The molecular weight excluding hydrogens is 332 g/mol. The summed E-state index contributed by atoms with van der Waals surface area (Å²) in [7, 11) is 0. The van der Waals surface area contributed by atoms with Crippen LogP contribution in [0.5, 0.6) is 0 Å². The molecule has 26 heavy (non-hydrogen) atoms. The molecule has 3 aliphatic carbocycles. The van der Waals surface area contributed by atoms with Crippen LogP contribution in [0.3, 0.4) is 0 Å². The standard InChI is InChI=1S/C20H28N2O4/c23-20(24)22-10-14-8-15(22)9-17(14)25-11-16-18(12-4-2-1-3-5-12)21-26-19(16)13-6-7-13/h12-15,17H,1-11H2,(H,23,24)/t14-,15-,17+/m0/s1. The zero-order chi connectivity index (χ0) is 17.7. The summed E-state index contributed by atoms with van der Waals surface area (Å²) in [6, 6.07) is 0.144. The Kier molecular flexibility index (Phi) is 4.18. The van der Waals surface area contributed by atoms with E-state index in [2.05, 4.69) is 5.16 Å². The van der Waals surface area contributed by atoms with Gasteiger partial charge in [0, 0.05) is 35.9 Å². The van der Waals surface area contributed by atoms with Crippen molar-refractivity contribution in [3.63, 3.8) is 0 Å². The summed E-state index contributed by atoms with van der Waals surface area (Å²) in [5.74, 6) is 2.49. The SMILES string of the molecule is O=C(O)N1C[C@@H]2C[C@H]1C[C@H]2OCc1c(C2CCCCC2)noc1C1CC1. The summed E-state index contributed by atoms with van der Waals surface area (Å²) < 4.78 is 12.1. The highest BCUT2D eigenvalue weighted by Crippen LogP contribution is 2.46. The normalized spacial score (nSPS) is 31.7. The lowest BCUT2D eigenvalue weighted by atomic mass is 9.85. The molecule has 5 rings (SSSR count). The van der Waals surface area contributed by atoms with Crippen LogP contribution in [0.15, 0.2) is 4.52 Å². The molecule has 1 aromatic heterocycles. The first-order valence-electron chi connectivity index (χ1n) is 10.3. The van der Waals surface area contributed by atoms with Crippen LogP contribution in [0.1, 0.15) is 86.6 Å². The van der Waals surface area contributed by atoms with Crippen molar-refractivity contribution in [2.75, 3.05) is 6.54 Å². The second kappa shape index (κ2) is 6.55. The van der Waals surface area contributed by atoms with E-state index in [1.165, 1.54) is 50.5 Å². The second-order valence-corrected chi connectivity index (χ2v) is 8.69. The Bertz CT molecular complexity index is 677. The van der Waals surface area contributed by atoms with Crippen LogP contribution in [0, 0.1) is 5.92 Å². The van der Waals surface area contributed by atoms with Crippen molar-refractivity contribution >= 4 is 6.09 Å². The van der Waals surface area contributed by atoms with Crippen molar-refractivity contribution in [3.8, 4) is 0 Å². The third-order valence-electron chi connectivity index (χ3n) is 6.95. The molecule has 1 aromatic rings. The van der Waals surface area contributed by atoms with Gasteiger partial charge in [-0.25, -0.2) is 4.79 Å². The molecule has 1 amide bonds. The Hall–Kier alpha value is -1.56. The van der Waals surface area contributed by atoms with Crippen LogP contribution in [0.4, 0.5) is 4.79 Å². The molecule has 2 heterocycles. The van der Waals surface area contributed by atoms with Crippen molar-refractivity contribution in [2.45, 2.75) is 88.4 Å². The molecule has 3 saturated carbocycles. The first kappa shape index (κ1) is 16.6. The topological polar surface area (TPSA) is 75.8 Å². The Morgan fingerprint density at radius 1 is 1.15 bits per heavy atom. The van der Waals surface area contributed by atoms with E-state index in [9.17, 15) is 9.90 Å². The zero-order valence-corrected chi connectivity index (χ0v) is 15.2. The molecule has 4 fully saturated rings. The summed E-state index contributed by atoms with van der Waals surface area (Å²) >= 11 is 0. The van der Waals surface area contributed by atoms with Crippen molar-refractivity contribution in [1.82, 2.24) is 10.1 Å². The molecular formula is C20H28N2O4. The van der Waals surface area contributed by atoms with Crippen LogP contribution in [-0.4, -0.2) is 39.9 Å². The van der Waals surface area contributed by atoms with Crippen LogP contribution < -0.4 is 0 Å². The molecule has 4 aliphatic rings. The first-order chi connectivity index (χ1) is 12.7. The smallest absolute Gasteiger partial charge is 0.407 e. The average molecular weight is 360 g/mol. The van der Waals surface area contributed by atoms with Crippen molar-refractivity contribution in [3.05, 3.63) is 17.0 Å². The predicted octanol–water partition coefficient (Wildman–Crippen LogP) is 4.26. The van der Waals surface area contributed by atoms with Gasteiger partial charge in [-0.05, 0) is 38.5 Å². The van der Waals surface area contributed by atoms with Gasteiger partial charge in [0.1, 0.15) is 5.76 Å². The number of aromatic nitrogens is 1. The van der Waals surface area contributed by atoms with Crippen LogP contribution >= 0.6 is 0 Å². The molecule has 1 aliphatic heterocycles. The van der Waals surface area contributed by atoms with E-state index in [0.29, 0.717) is 30.9 Å². The van der Waals surface area contributed by atoms with Gasteiger partial charge in [0.05, 0.1) is 18.4 Å². The third kappa shape index (κ3) is 2.92. The highest BCUT2D eigenvalue weighted by molar-refractivity contribution is 5.66. The minimum absolute atomic E-state index is 0.144. The number of carboxylic acid groups (broad SMARTS) is 1. The predicted molar refractivity (Wildman–Crippen MR) is 94.1 cm³/mol. The highest BCUT2D eigenvalue weighted by Gasteiger charge is 2.47. The molecule has 142 valence electrons. The van der Waals surface area contributed by atoms with Gasteiger partial charge in [0.15, 0.2) is 0 Å². The van der Waals surface area contributed by atoms with Gasteiger partial charge >= 0.3 is 6.09 Å². The van der Waals surface area contributed by atoms with E-state index in [4.69, 9.17) is 9.26 Å². The van der Waals surface area contributed by atoms with Gasteiger partial charge in [-0.3, -0.25) is 0 Å². The Morgan fingerprint density at radius 2 is 1.96 bits per heavy atom. The van der Waals surface area contributed by atoms with Gasteiger partial charge in [-0.15, -0.1) is 0 Å². The molecule has 0 unspecified atom stereocenters. The Balaban J connectivity index is 1.28. The van der Waals surface area contributed by atoms with Gasteiger partial charge in [0.25, 0.3) is 0 Å². The molecule has 0 aromatic carbocycles. The lowest BCUT2D eigenvalue weighted by molar-refractivity contribution is -0.00838. The second-order valence-electron chi connectivity index (χ2n) is 8.69. The van der Waals surface area contributed by atoms with Crippen LogP contribution in [-0.2, 0) is 11.3 Å².